The van der Waals surface area contributed by atoms with Crippen LogP contribution in [0.25, 0.3) is 0 Å². The molecule has 4 rings (SSSR count). The molecule has 4 heteroatoms. The Labute approximate surface area is 122 Å². The molecule has 3 nitrogen and oxygen atoms in total. The minimum Gasteiger partial charge on any atom is -0.324 e. The number of nitrogens with one attached hydrogen (secondary N) is 1. The predicted molar refractivity (Wildman–Crippen MR) is 79.1 cm³/mol. The quantitative estimate of drug-likeness (QED) is 0.845. The Morgan fingerprint density at radius 2 is 2.16 bits per heavy atom. The molecule has 1 heterocycles. The van der Waals surface area contributed by atoms with Crippen molar-refractivity contribution < 1.29 is 4.79 Å². The van der Waals surface area contributed by atoms with Gasteiger partial charge in [-0.15, -0.1) is 0 Å². The van der Waals surface area contributed by atoms with E-state index in [-0.39, 0.29) is 27.0 Å². The second-order valence-corrected chi connectivity index (χ2v) is 7.49. The van der Waals surface area contributed by atoms with Gasteiger partial charge in [-0.3, -0.25) is 9.78 Å². The SMILES string of the molecule is CC12CCC(C(=O)Nc3cccnc3)(C1Br)C2(C)C. The van der Waals surface area contributed by atoms with E-state index in [1.54, 1.807) is 12.4 Å². The molecule has 3 aliphatic carbocycles. The fourth-order valence-electron chi connectivity index (χ4n) is 4.14. The summed E-state index contributed by atoms with van der Waals surface area (Å²) in [6.45, 7) is 6.73. The van der Waals surface area contributed by atoms with E-state index in [1.807, 2.05) is 12.1 Å². The summed E-state index contributed by atoms with van der Waals surface area (Å²) in [5.74, 6) is 0.127. The van der Waals surface area contributed by atoms with Crippen LogP contribution in [-0.4, -0.2) is 15.7 Å². The average molecular weight is 323 g/mol. The van der Waals surface area contributed by atoms with Crippen molar-refractivity contribution in [3.8, 4) is 0 Å². The molecule has 19 heavy (non-hydrogen) atoms. The summed E-state index contributed by atoms with van der Waals surface area (Å²) in [6, 6.07) is 3.72. The Morgan fingerprint density at radius 1 is 1.42 bits per heavy atom. The number of aromatic nitrogens is 1. The van der Waals surface area contributed by atoms with E-state index in [2.05, 4.69) is 47.0 Å². The number of halogens is 1. The molecule has 0 aliphatic heterocycles. The second-order valence-electron chi connectivity index (χ2n) is 6.57. The number of hydrogen-bond acceptors (Lipinski definition) is 2. The van der Waals surface area contributed by atoms with Gasteiger partial charge in [-0.05, 0) is 35.8 Å². The van der Waals surface area contributed by atoms with Crippen LogP contribution in [0.2, 0.25) is 0 Å². The van der Waals surface area contributed by atoms with Crippen molar-refractivity contribution in [1.82, 2.24) is 4.98 Å². The summed E-state index contributed by atoms with van der Waals surface area (Å²) in [5.41, 5.74) is 0.731. The summed E-state index contributed by atoms with van der Waals surface area (Å²) in [7, 11) is 0. The van der Waals surface area contributed by atoms with E-state index in [0.29, 0.717) is 0 Å². The summed E-state index contributed by atoms with van der Waals surface area (Å²) >= 11 is 3.78. The van der Waals surface area contributed by atoms with Crippen molar-refractivity contribution in [2.24, 2.45) is 16.2 Å². The van der Waals surface area contributed by atoms with Gasteiger partial charge in [0.2, 0.25) is 5.91 Å². The molecule has 1 aromatic heterocycles. The minimum atomic E-state index is -0.294. The third-order valence-electron chi connectivity index (χ3n) is 5.90. The molecule has 0 aromatic carbocycles. The highest BCUT2D eigenvalue weighted by Gasteiger charge is 2.80. The van der Waals surface area contributed by atoms with Gasteiger partial charge in [0.05, 0.1) is 17.3 Å². The highest BCUT2D eigenvalue weighted by atomic mass is 79.9. The van der Waals surface area contributed by atoms with E-state index in [9.17, 15) is 4.79 Å². The number of amides is 1. The lowest BCUT2D eigenvalue weighted by atomic mass is 9.43. The summed E-state index contributed by atoms with van der Waals surface area (Å²) in [5, 5.41) is 3.03. The number of carbonyl (C=O) groups is 1. The van der Waals surface area contributed by atoms with Crippen molar-refractivity contribution in [2.45, 2.75) is 38.4 Å². The highest BCUT2D eigenvalue weighted by Crippen LogP contribution is 2.79. The summed E-state index contributed by atoms with van der Waals surface area (Å²) in [4.78, 5) is 17.1. The number of fused-ring (bicyclic) bond motifs is 1. The van der Waals surface area contributed by atoms with Crippen LogP contribution in [0.5, 0.6) is 0 Å². The highest BCUT2D eigenvalue weighted by molar-refractivity contribution is 9.09. The fourth-order valence-corrected chi connectivity index (χ4v) is 5.95. The van der Waals surface area contributed by atoms with Crippen LogP contribution in [0, 0.1) is 16.2 Å². The topological polar surface area (TPSA) is 42.0 Å². The van der Waals surface area contributed by atoms with E-state index >= 15 is 0 Å². The Morgan fingerprint density at radius 3 is 2.63 bits per heavy atom. The lowest BCUT2D eigenvalue weighted by Gasteiger charge is -2.64. The maximum atomic E-state index is 12.8. The Balaban J connectivity index is 1.89. The van der Waals surface area contributed by atoms with Gasteiger partial charge in [0.15, 0.2) is 0 Å². The molecule has 0 radical (unpaired) electrons. The van der Waals surface area contributed by atoms with E-state index in [0.717, 1.165) is 18.5 Å². The zero-order valence-corrected chi connectivity index (χ0v) is 13.1. The largest absolute Gasteiger partial charge is 0.324 e. The molecule has 1 aromatic rings. The van der Waals surface area contributed by atoms with Crippen LogP contribution >= 0.6 is 15.9 Å². The van der Waals surface area contributed by atoms with Gasteiger partial charge in [0.1, 0.15) is 0 Å². The molecule has 3 fully saturated rings. The van der Waals surface area contributed by atoms with Crippen molar-refractivity contribution in [3.05, 3.63) is 24.5 Å². The smallest absolute Gasteiger partial charge is 0.232 e. The Kier molecular flexibility index (Phi) is 2.63. The molecule has 0 spiro atoms. The molecule has 1 amide bonds. The van der Waals surface area contributed by atoms with Gasteiger partial charge in [0.25, 0.3) is 0 Å². The molecule has 3 aliphatic rings. The first-order chi connectivity index (χ1) is 8.86. The molecular weight excluding hydrogens is 304 g/mol. The number of nitrogens with zero attached hydrogens (tertiary/aromatic N) is 1. The molecule has 0 saturated heterocycles. The molecule has 3 saturated carbocycles. The van der Waals surface area contributed by atoms with Gasteiger partial charge >= 0.3 is 0 Å². The summed E-state index contributed by atoms with van der Waals surface area (Å²) < 4.78 is 0. The molecule has 102 valence electrons. The third kappa shape index (κ3) is 1.33. The first-order valence-electron chi connectivity index (χ1n) is 6.72. The molecule has 1 N–H and O–H groups in total. The first-order valence-corrected chi connectivity index (χ1v) is 7.63. The van der Waals surface area contributed by atoms with Crippen molar-refractivity contribution in [3.63, 3.8) is 0 Å². The zero-order chi connectivity index (χ0) is 13.9. The fraction of sp³-hybridized carbons (Fsp3) is 0.600. The van der Waals surface area contributed by atoms with E-state index < -0.39 is 0 Å². The van der Waals surface area contributed by atoms with Crippen LogP contribution in [0.3, 0.4) is 0 Å². The van der Waals surface area contributed by atoms with Crippen LogP contribution in [0.4, 0.5) is 5.69 Å². The number of hydrogen-bond donors (Lipinski definition) is 1. The molecule has 3 unspecified atom stereocenters. The van der Waals surface area contributed by atoms with E-state index in [4.69, 9.17) is 0 Å². The maximum absolute atomic E-state index is 12.8. The summed E-state index contributed by atoms with van der Waals surface area (Å²) in [6.07, 6.45) is 5.47. The van der Waals surface area contributed by atoms with Gasteiger partial charge < -0.3 is 5.32 Å². The van der Waals surface area contributed by atoms with Gasteiger partial charge in [-0.25, -0.2) is 0 Å². The average Bonchev–Trinajstić information content (AvgIpc) is 2.79. The standard InChI is InChI=1S/C15H19BrN2O/c1-13(2)14(3)6-7-15(13,11(14)16)12(19)18-10-5-4-8-17-9-10/h4-5,8-9,11H,6-7H2,1-3H3,(H,18,19). The molecule has 2 bridgehead atoms. The number of rotatable bonds is 2. The third-order valence-corrected chi connectivity index (χ3v) is 7.69. The number of anilines is 1. The maximum Gasteiger partial charge on any atom is 0.232 e. The van der Waals surface area contributed by atoms with Crippen LogP contribution in [0.1, 0.15) is 33.6 Å². The number of alkyl halides is 1. The molecule has 3 atom stereocenters. The Bertz CT molecular complexity index is 530. The van der Waals surface area contributed by atoms with Gasteiger partial charge in [-0.1, -0.05) is 36.7 Å². The Hall–Kier alpha value is -0.900. The van der Waals surface area contributed by atoms with Crippen LogP contribution < -0.4 is 5.32 Å². The normalized spacial score (nSPS) is 38.6. The number of pyridine rings is 1. The zero-order valence-electron chi connectivity index (χ0n) is 11.5. The lowest BCUT2D eigenvalue weighted by molar-refractivity contribution is -0.156. The second kappa shape index (κ2) is 3.81. The number of carbonyl (C=O) groups excluding carboxylic acids is 1. The van der Waals surface area contributed by atoms with Crippen molar-refractivity contribution in [1.29, 1.82) is 0 Å². The molecular formula is C15H19BrN2O. The van der Waals surface area contributed by atoms with Crippen LogP contribution in [-0.2, 0) is 4.79 Å². The van der Waals surface area contributed by atoms with Crippen molar-refractivity contribution >= 4 is 27.5 Å². The minimum absolute atomic E-state index is 0.0282. The first kappa shape index (κ1) is 13.1. The van der Waals surface area contributed by atoms with Crippen molar-refractivity contribution in [2.75, 3.05) is 5.32 Å². The van der Waals surface area contributed by atoms with E-state index in [1.165, 1.54) is 0 Å². The lowest BCUT2D eigenvalue weighted by Crippen LogP contribution is -2.68. The monoisotopic (exact) mass is 322 g/mol. The van der Waals surface area contributed by atoms with Crippen LogP contribution in [0.15, 0.2) is 24.5 Å². The van der Waals surface area contributed by atoms with Gasteiger partial charge in [-0.2, -0.15) is 0 Å². The van der Waals surface area contributed by atoms with Gasteiger partial charge in [0, 0.05) is 11.0 Å². The predicted octanol–water partition coefficient (Wildman–Crippen LogP) is 3.61.